The fourth-order valence-electron chi connectivity index (χ4n) is 2.32. The highest BCUT2D eigenvalue weighted by molar-refractivity contribution is 6.00. The Balaban J connectivity index is 1.86. The summed E-state index contributed by atoms with van der Waals surface area (Å²) < 4.78 is 5.15. The Hall–Kier alpha value is -3.39. The lowest BCUT2D eigenvalue weighted by atomic mass is 10.2. The smallest absolute Gasteiger partial charge is 0.341 e. The predicted molar refractivity (Wildman–Crippen MR) is 104 cm³/mol. The highest BCUT2D eigenvalue weighted by Crippen LogP contribution is 2.16. The van der Waals surface area contributed by atoms with E-state index in [1.165, 1.54) is 6.92 Å². The van der Waals surface area contributed by atoms with Crippen molar-refractivity contribution < 1.29 is 24.2 Å². The number of rotatable bonds is 8. The second-order valence-corrected chi connectivity index (χ2v) is 5.90. The third-order valence-electron chi connectivity index (χ3n) is 3.76. The Morgan fingerprint density at radius 2 is 1.71 bits per heavy atom. The number of hydrogen-bond acceptors (Lipinski definition) is 6. The molecule has 0 radical (unpaired) electrons. The molecule has 8 heteroatoms. The number of esters is 1. The van der Waals surface area contributed by atoms with Gasteiger partial charge in [0.05, 0.1) is 12.2 Å². The Labute approximate surface area is 162 Å². The van der Waals surface area contributed by atoms with Gasteiger partial charge in [0.15, 0.2) is 6.10 Å². The van der Waals surface area contributed by atoms with Crippen molar-refractivity contribution in [2.75, 3.05) is 18.5 Å². The number of aliphatic hydroxyl groups excluding tert-OH is 1. The maximum atomic E-state index is 12.3. The van der Waals surface area contributed by atoms with Gasteiger partial charge in [-0.05, 0) is 24.6 Å². The molecule has 2 aromatic rings. The normalized spacial score (nSPS) is 11.2. The minimum absolute atomic E-state index is 0.0969. The SMILES string of the molecule is C[C@@H](OC(=O)c1ccccc1NCCO)C(=O)NC(=O)NCc1ccccc1. The van der Waals surface area contributed by atoms with Gasteiger partial charge in [-0.15, -0.1) is 0 Å². The van der Waals surface area contributed by atoms with Gasteiger partial charge in [0.2, 0.25) is 0 Å². The maximum absolute atomic E-state index is 12.3. The van der Waals surface area contributed by atoms with E-state index in [9.17, 15) is 14.4 Å². The van der Waals surface area contributed by atoms with Crippen LogP contribution < -0.4 is 16.0 Å². The molecule has 0 aromatic heterocycles. The minimum Gasteiger partial charge on any atom is -0.449 e. The van der Waals surface area contributed by atoms with Gasteiger partial charge >= 0.3 is 12.0 Å². The van der Waals surface area contributed by atoms with Crippen molar-refractivity contribution in [3.05, 3.63) is 65.7 Å². The fraction of sp³-hybridized carbons (Fsp3) is 0.250. The highest BCUT2D eigenvalue weighted by atomic mass is 16.5. The molecule has 3 amide bonds. The van der Waals surface area contributed by atoms with Gasteiger partial charge in [-0.2, -0.15) is 0 Å². The number of imide groups is 1. The number of carbonyl (C=O) groups is 3. The first-order chi connectivity index (χ1) is 13.5. The van der Waals surface area contributed by atoms with Crippen molar-refractivity contribution in [2.45, 2.75) is 19.6 Å². The average Bonchev–Trinajstić information content (AvgIpc) is 2.71. The number of urea groups is 1. The van der Waals surface area contributed by atoms with E-state index in [4.69, 9.17) is 9.84 Å². The van der Waals surface area contributed by atoms with E-state index in [0.717, 1.165) is 5.56 Å². The van der Waals surface area contributed by atoms with Gasteiger partial charge in [0.1, 0.15) is 0 Å². The summed E-state index contributed by atoms with van der Waals surface area (Å²) in [6.07, 6.45) is -1.17. The molecule has 0 aliphatic rings. The van der Waals surface area contributed by atoms with Gasteiger partial charge < -0.3 is 20.5 Å². The number of para-hydroxylation sites is 1. The zero-order chi connectivity index (χ0) is 20.4. The second-order valence-electron chi connectivity index (χ2n) is 5.90. The van der Waals surface area contributed by atoms with Crippen LogP contribution in [0.2, 0.25) is 0 Å². The standard InChI is InChI=1S/C20H23N3O5/c1-14(18(25)23-20(27)22-13-15-7-3-2-4-8-15)28-19(26)16-9-5-6-10-17(16)21-11-12-24/h2-10,14,21,24H,11-13H2,1H3,(H2,22,23,25,27)/t14-/m1/s1. The number of anilines is 1. The van der Waals surface area contributed by atoms with Gasteiger partial charge in [0.25, 0.3) is 5.91 Å². The minimum atomic E-state index is -1.17. The van der Waals surface area contributed by atoms with Gasteiger partial charge in [-0.1, -0.05) is 42.5 Å². The molecule has 0 aliphatic carbocycles. The van der Waals surface area contributed by atoms with Crippen LogP contribution >= 0.6 is 0 Å². The second kappa shape index (κ2) is 10.7. The summed E-state index contributed by atoms with van der Waals surface area (Å²) >= 11 is 0. The Morgan fingerprint density at radius 1 is 1.04 bits per heavy atom. The molecular weight excluding hydrogens is 362 g/mol. The third-order valence-corrected chi connectivity index (χ3v) is 3.76. The third kappa shape index (κ3) is 6.40. The van der Waals surface area contributed by atoms with E-state index in [-0.39, 0.29) is 25.3 Å². The molecule has 0 fully saturated rings. The van der Waals surface area contributed by atoms with Crippen LogP contribution in [0.4, 0.5) is 10.5 Å². The number of aliphatic hydroxyl groups is 1. The van der Waals surface area contributed by atoms with Gasteiger partial charge in [-0.3, -0.25) is 10.1 Å². The number of nitrogens with one attached hydrogen (secondary N) is 3. The molecule has 0 spiro atoms. The topological polar surface area (TPSA) is 117 Å². The maximum Gasteiger partial charge on any atom is 0.341 e. The van der Waals surface area contributed by atoms with Crippen LogP contribution in [-0.4, -0.2) is 42.3 Å². The van der Waals surface area contributed by atoms with Crippen molar-refractivity contribution in [3.63, 3.8) is 0 Å². The van der Waals surface area contributed by atoms with Crippen LogP contribution in [-0.2, 0) is 16.1 Å². The molecule has 0 bridgehead atoms. The number of hydrogen-bond donors (Lipinski definition) is 4. The summed E-state index contributed by atoms with van der Waals surface area (Å²) in [6, 6.07) is 15.1. The summed E-state index contributed by atoms with van der Waals surface area (Å²) in [6.45, 7) is 1.81. The lowest BCUT2D eigenvalue weighted by Gasteiger charge is -2.15. The summed E-state index contributed by atoms with van der Waals surface area (Å²) in [5.74, 6) is -1.45. The number of benzene rings is 2. The highest BCUT2D eigenvalue weighted by Gasteiger charge is 2.22. The zero-order valence-corrected chi connectivity index (χ0v) is 15.5. The van der Waals surface area contributed by atoms with Crippen LogP contribution in [0.15, 0.2) is 54.6 Å². The van der Waals surface area contributed by atoms with Crippen LogP contribution in [0.1, 0.15) is 22.8 Å². The average molecular weight is 385 g/mol. The van der Waals surface area contributed by atoms with Crippen LogP contribution in [0.3, 0.4) is 0 Å². The Kier molecular flexibility index (Phi) is 7.98. The molecule has 28 heavy (non-hydrogen) atoms. The van der Waals surface area contributed by atoms with Crippen molar-refractivity contribution in [1.29, 1.82) is 0 Å². The van der Waals surface area contributed by atoms with Crippen molar-refractivity contribution in [1.82, 2.24) is 10.6 Å². The lowest BCUT2D eigenvalue weighted by molar-refractivity contribution is -0.127. The van der Waals surface area contributed by atoms with Crippen LogP contribution in [0.25, 0.3) is 0 Å². The van der Waals surface area contributed by atoms with Gasteiger partial charge in [-0.25, -0.2) is 9.59 Å². The van der Waals surface area contributed by atoms with E-state index in [1.807, 2.05) is 30.3 Å². The first-order valence-electron chi connectivity index (χ1n) is 8.78. The zero-order valence-electron chi connectivity index (χ0n) is 15.5. The van der Waals surface area contributed by atoms with E-state index in [1.54, 1.807) is 24.3 Å². The van der Waals surface area contributed by atoms with Crippen LogP contribution in [0, 0.1) is 0 Å². The van der Waals surface area contributed by atoms with Crippen molar-refractivity contribution in [2.24, 2.45) is 0 Å². The Morgan fingerprint density at radius 3 is 2.43 bits per heavy atom. The molecule has 8 nitrogen and oxygen atoms in total. The summed E-state index contributed by atoms with van der Waals surface area (Å²) in [4.78, 5) is 36.3. The van der Waals surface area contributed by atoms with Crippen molar-refractivity contribution in [3.8, 4) is 0 Å². The molecule has 2 aromatic carbocycles. The molecule has 148 valence electrons. The van der Waals surface area contributed by atoms with Gasteiger partial charge in [0, 0.05) is 18.8 Å². The number of ether oxygens (including phenoxy) is 1. The Bertz CT molecular complexity index is 810. The van der Waals surface area contributed by atoms with E-state index in [0.29, 0.717) is 5.69 Å². The molecular formula is C20H23N3O5. The predicted octanol–water partition coefficient (Wildman–Crippen LogP) is 1.66. The number of carbonyl (C=O) groups excluding carboxylic acids is 3. The molecule has 0 unspecified atom stereocenters. The molecule has 4 N–H and O–H groups in total. The molecule has 0 aliphatic heterocycles. The van der Waals surface area contributed by atoms with Crippen LogP contribution in [0.5, 0.6) is 0 Å². The van der Waals surface area contributed by atoms with E-state index < -0.39 is 24.0 Å². The molecule has 0 saturated heterocycles. The number of amides is 3. The first kappa shape index (κ1) is 20.9. The quantitative estimate of drug-likeness (QED) is 0.514. The fourth-order valence-corrected chi connectivity index (χ4v) is 2.32. The van der Waals surface area contributed by atoms with E-state index in [2.05, 4.69) is 16.0 Å². The molecule has 0 heterocycles. The lowest BCUT2D eigenvalue weighted by Crippen LogP contribution is -2.44. The summed E-state index contributed by atoms with van der Waals surface area (Å²) in [7, 11) is 0. The molecule has 2 rings (SSSR count). The molecule has 0 saturated carbocycles. The largest absolute Gasteiger partial charge is 0.449 e. The van der Waals surface area contributed by atoms with E-state index >= 15 is 0 Å². The first-order valence-corrected chi connectivity index (χ1v) is 8.78. The summed E-state index contributed by atoms with van der Waals surface area (Å²) in [5.41, 5.74) is 1.59. The molecule has 1 atom stereocenters. The summed E-state index contributed by atoms with van der Waals surface area (Å²) in [5, 5.41) is 16.5. The monoisotopic (exact) mass is 385 g/mol. The van der Waals surface area contributed by atoms with Crippen molar-refractivity contribution >= 4 is 23.6 Å².